The molecule has 0 radical (unpaired) electrons. The maximum Gasteiger partial charge on any atom is 0.333 e. The molecular weight excluding hydrogens is 412 g/mol. The van der Waals surface area contributed by atoms with Crippen LogP contribution in [0.3, 0.4) is 0 Å². The summed E-state index contributed by atoms with van der Waals surface area (Å²) in [6, 6.07) is 7.94. The van der Waals surface area contributed by atoms with Crippen LogP contribution in [-0.4, -0.2) is 45.9 Å². The molecule has 0 spiro atoms. The lowest BCUT2D eigenvalue weighted by atomic mass is 9.90. The van der Waals surface area contributed by atoms with E-state index in [1.807, 2.05) is 38.2 Å². The largest absolute Gasteiger partial charge is 0.368 e. The number of aromatic nitrogens is 4. The molecule has 0 amide bonds. The molecule has 2 aliphatic rings. The Bertz CT molecular complexity index is 1100. The first-order valence-corrected chi connectivity index (χ1v) is 11.1. The smallest absolute Gasteiger partial charge is 0.333 e. The zero-order valence-corrected chi connectivity index (χ0v) is 18.3. The Morgan fingerprint density at radius 1 is 1.03 bits per heavy atom. The van der Waals surface area contributed by atoms with E-state index in [-0.39, 0.29) is 5.92 Å². The van der Waals surface area contributed by atoms with E-state index in [4.69, 9.17) is 4.98 Å². The minimum Gasteiger partial charge on any atom is -0.368 e. The fourth-order valence-electron chi connectivity index (χ4n) is 4.56. The molecule has 7 nitrogen and oxygen atoms in total. The van der Waals surface area contributed by atoms with Gasteiger partial charge in [0.1, 0.15) is 11.6 Å². The fourth-order valence-corrected chi connectivity index (χ4v) is 4.56. The summed E-state index contributed by atoms with van der Waals surface area (Å²) in [6.45, 7) is 5.04. The zero-order chi connectivity index (χ0) is 22.2. The molecule has 1 aliphatic carbocycles. The Balaban J connectivity index is 1.44. The first-order chi connectivity index (χ1) is 15.5. The summed E-state index contributed by atoms with van der Waals surface area (Å²) in [5, 5.41) is 10.8. The Hall–Kier alpha value is -3.07. The predicted octanol–water partition coefficient (Wildman–Crippen LogP) is 4.11. The number of alkyl halides is 2. The molecule has 0 aromatic carbocycles. The van der Waals surface area contributed by atoms with Gasteiger partial charge in [0.15, 0.2) is 0 Å². The summed E-state index contributed by atoms with van der Waals surface area (Å²) >= 11 is 0. The number of hydrogen-bond acceptors (Lipinski definition) is 6. The molecule has 0 bridgehead atoms. The van der Waals surface area contributed by atoms with Gasteiger partial charge in [-0.1, -0.05) is 19.9 Å². The van der Waals surface area contributed by atoms with E-state index in [1.54, 1.807) is 0 Å². The van der Waals surface area contributed by atoms with Crippen LogP contribution in [0.25, 0.3) is 11.3 Å². The third-order valence-electron chi connectivity index (χ3n) is 6.08. The van der Waals surface area contributed by atoms with Crippen molar-refractivity contribution in [3.63, 3.8) is 0 Å². The van der Waals surface area contributed by atoms with E-state index in [0.29, 0.717) is 29.4 Å². The molecule has 2 N–H and O–H groups in total. The van der Waals surface area contributed by atoms with Crippen molar-refractivity contribution < 1.29 is 8.78 Å². The Morgan fingerprint density at radius 2 is 1.81 bits per heavy atom. The topological polar surface area (TPSA) is 70.9 Å². The fraction of sp³-hybridized carbons (Fsp3) is 0.435. The van der Waals surface area contributed by atoms with Gasteiger partial charge in [-0.25, -0.2) is 14.6 Å². The second-order valence-corrected chi connectivity index (χ2v) is 8.55. The molecule has 3 aromatic heterocycles. The highest BCUT2D eigenvalue weighted by Crippen LogP contribution is 2.40. The number of pyridine rings is 2. The number of fused-ring (bicyclic) bond motifs is 3. The van der Waals surface area contributed by atoms with Gasteiger partial charge in [-0.05, 0) is 42.5 Å². The van der Waals surface area contributed by atoms with Crippen molar-refractivity contribution in [3.8, 4) is 11.3 Å². The van der Waals surface area contributed by atoms with Gasteiger partial charge in [0.25, 0.3) is 0 Å². The molecule has 0 saturated carbocycles. The second-order valence-electron chi connectivity index (χ2n) is 8.55. The normalized spacial score (nSPS) is 15.8. The first kappa shape index (κ1) is 20.8. The van der Waals surface area contributed by atoms with Crippen molar-refractivity contribution in [1.29, 1.82) is 0 Å². The molecule has 5 rings (SSSR count). The van der Waals surface area contributed by atoms with Crippen LogP contribution in [0.2, 0.25) is 0 Å². The summed E-state index contributed by atoms with van der Waals surface area (Å²) in [4.78, 5) is 11.7. The standard InChI is InChI=1S/C23H27F2N7/c1-14(2)22-20-17(30-32(22)23(24)25)6-3-15-4-7-19(29-21(15)20)28-18-8-5-16(13-27-18)31-11-9-26-10-12-31/h4-5,7-8,13-14,23,26H,3,6,9-12H2,1-2H3,(H,27,28,29). The predicted molar refractivity (Wildman–Crippen MR) is 121 cm³/mol. The number of nitrogens with zero attached hydrogens (tertiary/aromatic N) is 5. The number of aryl methyl sites for hydroxylation is 2. The average molecular weight is 440 g/mol. The number of piperazine rings is 1. The molecule has 1 aliphatic heterocycles. The van der Waals surface area contributed by atoms with Crippen LogP contribution >= 0.6 is 0 Å². The van der Waals surface area contributed by atoms with Crippen LogP contribution in [0.1, 0.15) is 43.3 Å². The van der Waals surface area contributed by atoms with Gasteiger partial charge >= 0.3 is 6.55 Å². The third-order valence-corrected chi connectivity index (χ3v) is 6.08. The van der Waals surface area contributed by atoms with Gasteiger partial charge < -0.3 is 15.5 Å². The van der Waals surface area contributed by atoms with Crippen LogP contribution in [0.4, 0.5) is 26.1 Å². The summed E-state index contributed by atoms with van der Waals surface area (Å²) in [5.74, 6) is 1.24. The monoisotopic (exact) mass is 439 g/mol. The zero-order valence-electron chi connectivity index (χ0n) is 18.3. The van der Waals surface area contributed by atoms with Crippen LogP contribution in [0.15, 0.2) is 30.5 Å². The highest BCUT2D eigenvalue weighted by atomic mass is 19.3. The molecule has 4 heterocycles. The van der Waals surface area contributed by atoms with Crippen LogP contribution in [0, 0.1) is 0 Å². The summed E-state index contributed by atoms with van der Waals surface area (Å²) in [6.07, 6.45) is 3.25. The maximum absolute atomic E-state index is 13.6. The summed E-state index contributed by atoms with van der Waals surface area (Å²) in [7, 11) is 0. The number of halogens is 2. The lowest BCUT2D eigenvalue weighted by Gasteiger charge is -2.29. The highest BCUT2D eigenvalue weighted by Gasteiger charge is 2.30. The summed E-state index contributed by atoms with van der Waals surface area (Å²) in [5.41, 5.74) is 4.89. The molecule has 0 unspecified atom stereocenters. The highest BCUT2D eigenvalue weighted by molar-refractivity contribution is 5.73. The number of hydrogen-bond donors (Lipinski definition) is 2. The van der Waals surface area contributed by atoms with Crippen molar-refractivity contribution in [3.05, 3.63) is 47.4 Å². The van der Waals surface area contributed by atoms with Crippen molar-refractivity contribution in [2.45, 2.75) is 39.2 Å². The molecule has 3 aromatic rings. The number of rotatable bonds is 5. The Labute approximate surface area is 185 Å². The minimum atomic E-state index is -2.67. The van der Waals surface area contributed by atoms with Crippen LogP contribution in [0.5, 0.6) is 0 Å². The molecule has 9 heteroatoms. The molecule has 32 heavy (non-hydrogen) atoms. The quantitative estimate of drug-likeness (QED) is 0.624. The Morgan fingerprint density at radius 3 is 2.50 bits per heavy atom. The van der Waals surface area contributed by atoms with E-state index < -0.39 is 6.55 Å². The first-order valence-electron chi connectivity index (χ1n) is 11.1. The maximum atomic E-state index is 13.6. The van der Waals surface area contributed by atoms with Crippen molar-refractivity contribution in [2.24, 2.45) is 0 Å². The van der Waals surface area contributed by atoms with Crippen molar-refractivity contribution in [2.75, 3.05) is 36.4 Å². The van der Waals surface area contributed by atoms with E-state index in [9.17, 15) is 8.78 Å². The van der Waals surface area contributed by atoms with Crippen molar-refractivity contribution in [1.82, 2.24) is 25.1 Å². The lowest BCUT2D eigenvalue weighted by molar-refractivity contribution is 0.0523. The molecule has 0 atom stereocenters. The minimum absolute atomic E-state index is 0.0937. The van der Waals surface area contributed by atoms with Gasteiger partial charge in [0.05, 0.1) is 29.0 Å². The van der Waals surface area contributed by atoms with E-state index >= 15 is 0 Å². The van der Waals surface area contributed by atoms with Gasteiger partial charge in [0, 0.05) is 31.7 Å². The average Bonchev–Trinajstić information content (AvgIpc) is 3.21. The van der Waals surface area contributed by atoms with E-state index in [1.165, 1.54) is 0 Å². The van der Waals surface area contributed by atoms with Gasteiger partial charge in [0.2, 0.25) is 0 Å². The van der Waals surface area contributed by atoms with Gasteiger partial charge in [-0.15, -0.1) is 0 Å². The second kappa shape index (κ2) is 8.46. The Kier molecular flexibility index (Phi) is 5.50. The molecular formula is C23H27F2N7. The van der Waals surface area contributed by atoms with E-state index in [2.05, 4.69) is 31.7 Å². The van der Waals surface area contributed by atoms with Crippen molar-refractivity contribution >= 4 is 17.3 Å². The number of nitrogens with one attached hydrogen (secondary N) is 2. The van der Waals surface area contributed by atoms with Crippen LogP contribution < -0.4 is 15.5 Å². The summed E-state index contributed by atoms with van der Waals surface area (Å²) < 4.78 is 28.1. The molecule has 1 saturated heterocycles. The van der Waals surface area contributed by atoms with Gasteiger partial charge in [-0.3, -0.25) is 0 Å². The van der Waals surface area contributed by atoms with Crippen LogP contribution in [-0.2, 0) is 12.8 Å². The number of anilines is 3. The third kappa shape index (κ3) is 3.81. The van der Waals surface area contributed by atoms with Gasteiger partial charge in [-0.2, -0.15) is 13.9 Å². The molecule has 168 valence electrons. The van der Waals surface area contributed by atoms with E-state index in [0.717, 1.165) is 59.8 Å². The molecule has 1 fully saturated rings. The SMILES string of the molecule is CC(C)c1c2c(nn1C(F)F)CCc1ccc(Nc3ccc(N4CCNCC4)cn3)nc1-2. The lowest BCUT2D eigenvalue weighted by Crippen LogP contribution is -2.43.